The van der Waals surface area contributed by atoms with Crippen molar-refractivity contribution in [3.05, 3.63) is 29.3 Å². The number of hydrogen-bond acceptors (Lipinski definition) is 4. The van der Waals surface area contributed by atoms with Gasteiger partial charge in [0.1, 0.15) is 13.1 Å². The summed E-state index contributed by atoms with van der Waals surface area (Å²) in [6.45, 7) is -0.561. The molecule has 0 unspecified atom stereocenters. The highest BCUT2D eigenvalue weighted by Gasteiger charge is 2.35. The Labute approximate surface area is 112 Å². The molecule has 20 heavy (non-hydrogen) atoms. The molecule has 1 aromatic rings. The van der Waals surface area contributed by atoms with E-state index in [1.165, 1.54) is 0 Å². The van der Waals surface area contributed by atoms with Gasteiger partial charge in [-0.15, -0.1) is 0 Å². The second-order valence-electron chi connectivity index (χ2n) is 3.71. The van der Waals surface area contributed by atoms with Gasteiger partial charge >= 0.3 is 12.1 Å². The molecule has 0 aromatic heterocycles. The van der Waals surface area contributed by atoms with Crippen LogP contribution in [0.3, 0.4) is 0 Å². The first kappa shape index (κ1) is 15.3. The molecule has 1 aromatic carbocycles. The number of anilines is 1. The maximum absolute atomic E-state index is 12.8. The van der Waals surface area contributed by atoms with Crippen LogP contribution in [0.15, 0.2) is 18.2 Å². The summed E-state index contributed by atoms with van der Waals surface area (Å²) in [6.07, 6.45) is -4.84. The Balaban J connectivity index is 3.36. The van der Waals surface area contributed by atoms with E-state index in [9.17, 15) is 18.0 Å². The first-order valence-electron chi connectivity index (χ1n) is 5.24. The van der Waals surface area contributed by atoms with Gasteiger partial charge in [0.05, 0.1) is 23.3 Å². The molecule has 0 atom stereocenters. The third-order valence-corrected chi connectivity index (χ3v) is 2.43. The standard InChI is InChI=1S/C12H8F3N3O2/c13-12(14,15)10-7-8(1-2-9(10)11(19)20)18(5-3-16)6-4-17/h1-2,7H,5-6H2,(H,19,20). The lowest BCUT2D eigenvalue weighted by Gasteiger charge is -2.20. The van der Waals surface area contributed by atoms with Crippen LogP contribution in [0, 0.1) is 22.7 Å². The van der Waals surface area contributed by atoms with E-state index in [0.717, 1.165) is 17.0 Å². The second-order valence-corrected chi connectivity index (χ2v) is 3.71. The van der Waals surface area contributed by atoms with Crippen molar-refractivity contribution >= 4 is 11.7 Å². The number of carboxylic acids is 1. The zero-order valence-corrected chi connectivity index (χ0v) is 9.98. The van der Waals surface area contributed by atoms with Crippen LogP contribution >= 0.6 is 0 Å². The summed E-state index contributed by atoms with van der Waals surface area (Å²) >= 11 is 0. The van der Waals surface area contributed by atoms with Gasteiger partial charge in [-0.05, 0) is 18.2 Å². The van der Waals surface area contributed by atoms with Crippen LogP contribution in [0.5, 0.6) is 0 Å². The number of hydrogen-bond donors (Lipinski definition) is 1. The zero-order chi connectivity index (χ0) is 15.3. The quantitative estimate of drug-likeness (QED) is 0.856. The Morgan fingerprint density at radius 2 is 1.80 bits per heavy atom. The van der Waals surface area contributed by atoms with E-state index < -0.39 is 23.3 Å². The van der Waals surface area contributed by atoms with Crippen LogP contribution in [-0.2, 0) is 6.18 Å². The molecule has 0 saturated heterocycles. The molecular weight excluding hydrogens is 275 g/mol. The van der Waals surface area contributed by atoms with Crippen molar-refractivity contribution in [2.45, 2.75) is 6.18 Å². The summed E-state index contributed by atoms with van der Waals surface area (Å²) < 4.78 is 38.4. The summed E-state index contributed by atoms with van der Waals surface area (Å²) in [6, 6.07) is 6.01. The van der Waals surface area contributed by atoms with Gasteiger partial charge in [-0.1, -0.05) is 0 Å². The van der Waals surface area contributed by atoms with Crippen LogP contribution in [-0.4, -0.2) is 24.2 Å². The molecule has 0 heterocycles. The van der Waals surface area contributed by atoms with E-state index >= 15 is 0 Å². The third kappa shape index (κ3) is 3.39. The summed E-state index contributed by atoms with van der Waals surface area (Å²) in [5, 5.41) is 25.9. The number of carbonyl (C=O) groups is 1. The molecule has 104 valence electrons. The number of carboxylic acid groups (broad SMARTS) is 1. The number of nitrogens with zero attached hydrogens (tertiary/aromatic N) is 3. The molecule has 0 fully saturated rings. The molecule has 1 rings (SSSR count). The number of aromatic carboxylic acids is 1. The van der Waals surface area contributed by atoms with E-state index in [-0.39, 0.29) is 18.8 Å². The van der Waals surface area contributed by atoms with Crippen LogP contribution < -0.4 is 4.90 Å². The highest BCUT2D eigenvalue weighted by Crippen LogP contribution is 2.34. The van der Waals surface area contributed by atoms with Crippen LogP contribution in [0.2, 0.25) is 0 Å². The summed E-state index contributed by atoms with van der Waals surface area (Å²) in [7, 11) is 0. The number of benzene rings is 1. The number of alkyl halides is 3. The maximum Gasteiger partial charge on any atom is 0.417 e. The van der Waals surface area contributed by atoms with Gasteiger partial charge in [0.15, 0.2) is 0 Å². The smallest absolute Gasteiger partial charge is 0.417 e. The van der Waals surface area contributed by atoms with Crippen molar-refractivity contribution < 1.29 is 23.1 Å². The molecule has 0 amide bonds. The minimum absolute atomic E-state index is 0.0366. The van der Waals surface area contributed by atoms with Gasteiger partial charge in [-0.2, -0.15) is 23.7 Å². The van der Waals surface area contributed by atoms with E-state index in [2.05, 4.69) is 0 Å². The summed E-state index contributed by atoms with van der Waals surface area (Å²) in [5.74, 6) is -1.70. The fourth-order valence-corrected chi connectivity index (χ4v) is 1.56. The van der Waals surface area contributed by atoms with Gasteiger partial charge in [-0.25, -0.2) is 4.79 Å². The monoisotopic (exact) mass is 283 g/mol. The molecule has 1 N–H and O–H groups in total. The number of rotatable bonds is 4. The minimum atomic E-state index is -4.84. The van der Waals surface area contributed by atoms with Gasteiger partial charge in [0.25, 0.3) is 0 Å². The Hall–Kier alpha value is -2.74. The molecule has 0 aliphatic carbocycles. The fourth-order valence-electron chi connectivity index (χ4n) is 1.56. The topological polar surface area (TPSA) is 88.1 Å². The third-order valence-electron chi connectivity index (χ3n) is 2.43. The van der Waals surface area contributed by atoms with E-state index in [1.54, 1.807) is 12.1 Å². The highest BCUT2D eigenvalue weighted by atomic mass is 19.4. The lowest BCUT2D eigenvalue weighted by atomic mass is 10.1. The van der Waals surface area contributed by atoms with Crippen molar-refractivity contribution in [1.82, 2.24) is 0 Å². The van der Waals surface area contributed by atoms with E-state index in [0.29, 0.717) is 6.07 Å². The SMILES string of the molecule is N#CCN(CC#N)c1ccc(C(=O)O)c(C(F)(F)F)c1. The number of halogens is 3. The average molecular weight is 283 g/mol. The van der Waals surface area contributed by atoms with Gasteiger partial charge in [0.2, 0.25) is 0 Å². The predicted molar refractivity (Wildman–Crippen MR) is 61.8 cm³/mol. The predicted octanol–water partition coefficient (Wildman–Crippen LogP) is 2.26. The van der Waals surface area contributed by atoms with Gasteiger partial charge < -0.3 is 10.0 Å². The van der Waals surface area contributed by atoms with Gasteiger partial charge in [-0.3, -0.25) is 0 Å². The van der Waals surface area contributed by atoms with Crippen LogP contribution in [0.1, 0.15) is 15.9 Å². The van der Waals surface area contributed by atoms with Crippen molar-refractivity contribution in [3.63, 3.8) is 0 Å². The number of nitriles is 2. The van der Waals surface area contributed by atoms with Crippen molar-refractivity contribution in [2.24, 2.45) is 0 Å². The van der Waals surface area contributed by atoms with Gasteiger partial charge in [0, 0.05) is 5.69 Å². The molecule has 0 aliphatic heterocycles. The van der Waals surface area contributed by atoms with Crippen molar-refractivity contribution in [3.8, 4) is 12.1 Å². The molecule has 0 bridgehead atoms. The van der Waals surface area contributed by atoms with Crippen molar-refractivity contribution in [2.75, 3.05) is 18.0 Å². The van der Waals surface area contributed by atoms with Crippen LogP contribution in [0.25, 0.3) is 0 Å². The Bertz CT molecular complexity index is 583. The first-order chi connectivity index (χ1) is 9.31. The van der Waals surface area contributed by atoms with Crippen LogP contribution in [0.4, 0.5) is 18.9 Å². The van der Waals surface area contributed by atoms with E-state index in [1.807, 2.05) is 0 Å². The minimum Gasteiger partial charge on any atom is -0.478 e. The summed E-state index contributed by atoms with van der Waals surface area (Å²) in [5.41, 5.74) is -2.23. The Morgan fingerprint density at radius 3 is 2.20 bits per heavy atom. The normalized spacial score (nSPS) is 10.4. The molecule has 0 saturated carbocycles. The molecule has 0 aliphatic rings. The largest absolute Gasteiger partial charge is 0.478 e. The molecule has 5 nitrogen and oxygen atoms in total. The Morgan fingerprint density at radius 1 is 1.25 bits per heavy atom. The first-order valence-corrected chi connectivity index (χ1v) is 5.24. The molecule has 0 spiro atoms. The maximum atomic E-state index is 12.8. The fraction of sp³-hybridized carbons (Fsp3) is 0.250. The van der Waals surface area contributed by atoms with E-state index in [4.69, 9.17) is 15.6 Å². The summed E-state index contributed by atoms with van der Waals surface area (Å²) in [4.78, 5) is 11.9. The second kappa shape index (κ2) is 5.93. The zero-order valence-electron chi connectivity index (χ0n) is 9.98. The molecular formula is C12H8F3N3O2. The Kier molecular flexibility index (Phi) is 4.54. The lowest BCUT2D eigenvalue weighted by molar-refractivity contribution is -0.138. The van der Waals surface area contributed by atoms with Crippen molar-refractivity contribution in [1.29, 1.82) is 10.5 Å². The molecule has 8 heteroatoms. The lowest BCUT2D eigenvalue weighted by Crippen LogP contribution is -2.24. The highest BCUT2D eigenvalue weighted by molar-refractivity contribution is 5.90. The molecule has 0 radical (unpaired) electrons. The average Bonchev–Trinajstić information content (AvgIpc) is 2.36.